The Bertz CT molecular complexity index is 232. The predicted octanol–water partition coefficient (Wildman–Crippen LogP) is 2.58. The van der Waals surface area contributed by atoms with Gasteiger partial charge in [-0.2, -0.15) is 0 Å². The average molecular weight is 151 g/mol. The first kappa shape index (κ1) is 6.84. The molecule has 0 N–H and O–H groups in total. The van der Waals surface area contributed by atoms with Crippen LogP contribution in [0, 0.1) is 0 Å². The SMILES string of the molecule is [B].c1cc2sccc2s1. The Balaban J connectivity index is 0.000000405. The lowest BCUT2D eigenvalue weighted by Crippen LogP contribution is -1.33. The zero-order valence-corrected chi connectivity index (χ0v) is 6.34. The van der Waals surface area contributed by atoms with Crippen molar-refractivity contribution >= 4 is 40.5 Å². The third-order valence-corrected chi connectivity index (χ3v) is 2.97. The summed E-state index contributed by atoms with van der Waals surface area (Å²) in [4.78, 5) is 0. The van der Waals surface area contributed by atoms with Gasteiger partial charge < -0.3 is 0 Å². The van der Waals surface area contributed by atoms with Crippen molar-refractivity contribution in [3.63, 3.8) is 0 Å². The summed E-state index contributed by atoms with van der Waals surface area (Å²) in [6.45, 7) is 0. The zero-order valence-electron chi connectivity index (χ0n) is 4.70. The van der Waals surface area contributed by atoms with Gasteiger partial charge in [0.2, 0.25) is 0 Å². The van der Waals surface area contributed by atoms with Crippen LogP contribution in [0.15, 0.2) is 22.9 Å². The van der Waals surface area contributed by atoms with E-state index in [0.29, 0.717) is 0 Å². The van der Waals surface area contributed by atoms with Crippen LogP contribution in [-0.4, -0.2) is 8.41 Å². The Kier molecular flexibility index (Phi) is 1.93. The molecule has 2 aromatic rings. The molecule has 0 amide bonds. The normalized spacial score (nSPS) is 9.33. The first-order valence-electron chi connectivity index (χ1n) is 2.37. The van der Waals surface area contributed by atoms with E-state index in [0.717, 1.165) is 0 Å². The molecular formula is C6H4BS2. The molecule has 43 valence electrons. The quantitative estimate of drug-likeness (QED) is 0.507. The van der Waals surface area contributed by atoms with Crippen molar-refractivity contribution in [1.82, 2.24) is 0 Å². The third kappa shape index (κ3) is 1.02. The first-order chi connectivity index (χ1) is 3.97. The summed E-state index contributed by atoms with van der Waals surface area (Å²) in [6.07, 6.45) is 0. The topological polar surface area (TPSA) is 0 Å². The number of hydrogen-bond acceptors (Lipinski definition) is 2. The van der Waals surface area contributed by atoms with Gasteiger partial charge in [-0.25, -0.2) is 0 Å². The molecule has 0 aliphatic rings. The molecule has 0 nitrogen and oxygen atoms in total. The maximum Gasteiger partial charge on any atom is 0.0450 e. The predicted molar refractivity (Wildman–Crippen MR) is 45.5 cm³/mol. The van der Waals surface area contributed by atoms with Gasteiger partial charge in [0.15, 0.2) is 0 Å². The molecule has 9 heavy (non-hydrogen) atoms. The summed E-state index contributed by atoms with van der Waals surface area (Å²) in [5.74, 6) is 0. The second-order valence-electron chi connectivity index (χ2n) is 1.57. The van der Waals surface area contributed by atoms with Crippen molar-refractivity contribution in [3.05, 3.63) is 22.9 Å². The summed E-state index contributed by atoms with van der Waals surface area (Å²) in [5.41, 5.74) is 0. The van der Waals surface area contributed by atoms with Crippen LogP contribution < -0.4 is 0 Å². The first-order valence-corrected chi connectivity index (χ1v) is 4.13. The van der Waals surface area contributed by atoms with Crippen LogP contribution in [0.1, 0.15) is 0 Å². The van der Waals surface area contributed by atoms with Gasteiger partial charge in [-0.15, -0.1) is 22.7 Å². The van der Waals surface area contributed by atoms with E-state index >= 15 is 0 Å². The van der Waals surface area contributed by atoms with Crippen molar-refractivity contribution in [1.29, 1.82) is 0 Å². The van der Waals surface area contributed by atoms with Gasteiger partial charge >= 0.3 is 0 Å². The molecular weight excluding hydrogens is 147 g/mol. The van der Waals surface area contributed by atoms with Gasteiger partial charge in [0.1, 0.15) is 0 Å². The average Bonchev–Trinajstić information content (AvgIpc) is 2.15. The highest BCUT2D eigenvalue weighted by molar-refractivity contribution is 7.25. The van der Waals surface area contributed by atoms with E-state index < -0.39 is 0 Å². The van der Waals surface area contributed by atoms with Crippen LogP contribution in [0.3, 0.4) is 0 Å². The fourth-order valence-electron chi connectivity index (χ4n) is 0.697. The highest BCUT2D eigenvalue weighted by Gasteiger charge is 1.90. The van der Waals surface area contributed by atoms with Crippen LogP contribution in [0.4, 0.5) is 0 Å². The molecule has 0 saturated heterocycles. The molecule has 3 radical (unpaired) electrons. The molecule has 0 aliphatic heterocycles. The molecule has 3 heteroatoms. The van der Waals surface area contributed by atoms with Gasteiger partial charge in [-0.3, -0.25) is 0 Å². The lowest BCUT2D eigenvalue weighted by Gasteiger charge is -1.63. The Hall–Kier alpha value is -0.275. The van der Waals surface area contributed by atoms with E-state index in [2.05, 4.69) is 22.9 Å². The molecule has 0 bridgehead atoms. The van der Waals surface area contributed by atoms with Gasteiger partial charge in [0.05, 0.1) is 0 Å². The highest BCUT2D eigenvalue weighted by atomic mass is 32.1. The van der Waals surface area contributed by atoms with E-state index in [1.165, 1.54) is 9.40 Å². The van der Waals surface area contributed by atoms with E-state index in [1.54, 1.807) is 22.7 Å². The molecule has 2 heterocycles. The smallest absolute Gasteiger partial charge is 0.0450 e. The zero-order chi connectivity index (χ0) is 5.40. The summed E-state index contributed by atoms with van der Waals surface area (Å²) in [5, 5.41) is 4.25. The maximum absolute atomic E-state index is 2.16. The van der Waals surface area contributed by atoms with Crippen LogP contribution >= 0.6 is 22.7 Å². The molecule has 2 rings (SSSR count). The second kappa shape index (κ2) is 2.54. The van der Waals surface area contributed by atoms with Crippen molar-refractivity contribution in [2.24, 2.45) is 0 Å². The van der Waals surface area contributed by atoms with Crippen molar-refractivity contribution in [2.75, 3.05) is 0 Å². The summed E-state index contributed by atoms with van der Waals surface area (Å²) >= 11 is 3.61. The lowest BCUT2D eigenvalue weighted by atomic mass is 10.5. The molecule has 0 spiro atoms. The molecule has 0 atom stereocenters. The van der Waals surface area contributed by atoms with Crippen molar-refractivity contribution in [3.8, 4) is 0 Å². The van der Waals surface area contributed by atoms with Gasteiger partial charge in [-0.05, 0) is 22.9 Å². The van der Waals surface area contributed by atoms with Crippen molar-refractivity contribution < 1.29 is 0 Å². The summed E-state index contributed by atoms with van der Waals surface area (Å²) in [6, 6.07) is 4.31. The van der Waals surface area contributed by atoms with Crippen LogP contribution in [0.25, 0.3) is 9.40 Å². The number of hydrogen-bond donors (Lipinski definition) is 0. The number of rotatable bonds is 0. The standard InChI is InChI=1S/C6H4S2.B/c1-3-7-6-2-4-8-5(1)6;/h1-4H;. The summed E-state index contributed by atoms with van der Waals surface area (Å²) < 4.78 is 2.82. The minimum atomic E-state index is 0. The van der Waals surface area contributed by atoms with E-state index in [1.807, 2.05) is 0 Å². The Morgan fingerprint density at radius 1 is 0.889 bits per heavy atom. The maximum atomic E-state index is 2.16. The monoisotopic (exact) mass is 151 g/mol. The fraction of sp³-hybridized carbons (Fsp3) is 0. The van der Waals surface area contributed by atoms with Gasteiger partial charge in [0, 0.05) is 17.8 Å². The Morgan fingerprint density at radius 2 is 1.33 bits per heavy atom. The van der Waals surface area contributed by atoms with E-state index in [4.69, 9.17) is 0 Å². The highest BCUT2D eigenvalue weighted by Crippen LogP contribution is 2.25. The lowest BCUT2D eigenvalue weighted by molar-refractivity contribution is 2.24. The Labute approximate surface area is 63.7 Å². The molecule has 2 aromatic heterocycles. The van der Waals surface area contributed by atoms with Gasteiger partial charge in [-0.1, -0.05) is 0 Å². The molecule has 0 aliphatic carbocycles. The molecule has 0 fully saturated rings. The van der Waals surface area contributed by atoms with Crippen LogP contribution in [-0.2, 0) is 0 Å². The van der Waals surface area contributed by atoms with Crippen molar-refractivity contribution in [2.45, 2.75) is 0 Å². The second-order valence-corrected chi connectivity index (χ2v) is 3.47. The van der Waals surface area contributed by atoms with Crippen LogP contribution in [0.5, 0.6) is 0 Å². The largest absolute Gasteiger partial charge is 0.143 e. The molecule has 0 saturated carbocycles. The van der Waals surface area contributed by atoms with Gasteiger partial charge in [0.25, 0.3) is 0 Å². The minimum Gasteiger partial charge on any atom is -0.143 e. The van der Waals surface area contributed by atoms with E-state index in [9.17, 15) is 0 Å². The Morgan fingerprint density at radius 3 is 1.78 bits per heavy atom. The van der Waals surface area contributed by atoms with Crippen LogP contribution in [0.2, 0.25) is 0 Å². The molecule has 0 unspecified atom stereocenters. The number of fused-ring (bicyclic) bond motifs is 1. The fourth-order valence-corrected chi connectivity index (χ4v) is 2.52. The minimum absolute atomic E-state index is 0. The number of thiophene rings is 2. The van der Waals surface area contributed by atoms with E-state index in [-0.39, 0.29) is 8.41 Å². The summed E-state index contributed by atoms with van der Waals surface area (Å²) in [7, 11) is 0. The third-order valence-electron chi connectivity index (χ3n) is 1.07. The molecule has 0 aromatic carbocycles.